The largest absolute Gasteiger partial charge is 0.474 e. The summed E-state index contributed by atoms with van der Waals surface area (Å²) in [7, 11) is 0. The molecule has 1 aromatic heterocycles. The second kappa shape index (κ2) is 6.44. The first-order valence-corrected chi connectivity index (χ1v) is 8.01. The number of hydrogen-bond acceptors (Lipinski definition) is 3. The lowest BCUT2D eigenvalue weighted by Gasteiger charge is -2.16. The lowest BCUT2D eigenvalue weighted by atomic mass is 10.1. The summed E-state index contributed by atoms with van der Waals surface area (Å²) in [5.41, 5.74) is 2.29. The minimum Gasteiger partial charge on any atom is -0.474 e. The van der Waals surface area contributed by atoms with Gasteiger partial charge in [0.25, 0.3) is 0 Å². The van der Waals surface area contributed by atoms with Crippen molar-refractivity contribution >= 4 is 10.9 Å². The molecule has 0 radical (unpaired) electrons. The van der Waals surface area contributed by atoms with Gasteiger partial charge in [0.1, 0.15) is 6.10 Å². The van der Waals surface area contributed by atoms with E-state index in [1.165, 1.54) is 23.8 Å². The summed E-state index contributed by atoms with van der Waals surface area (Å²) < 4.78 is 6.09. The molecule has 0 atom stereocenters. The van der Waals surface area contributed by atoms with Gasteiger partial charge in [0, 0.05) is 24.0 Å². The number of nitrogens with one attached hydrogen (secondary N) is 1. The van der Waals surface area contributed by atoms with Crippen LogP contribution in [0.3, 0.4) is 0 Å². The van der Waals surface area contributed by atoms with Crippen molar-refractivity contribution in [1.82, 2.24) is 10.3 Å². The predicted molar refractivity (Wildman–Crippen MR) is 86.6 cm³/mol. The van der Waals surface area contributed by atoms with Crippen LogP contribution in [0.5, 0.6) is 5.88 Å². The van der Waals surface area contributed by atoms with Gasteiger partial charge in [-0.2, -0.15) is 0 Å². The zero-order valence-electron chi connectivity index (χ0n) is 12.9. The maximum absolute atomic E-state index is 6.09. The fourth-order valence-corrected chi connectivity index (χ4v) is 2.92. The summed E-state index contributed by atoms with van der Waals surface area (Å²) in [6.45, 7) is 5.18. The number of benzene rings is 1. The predicted octanol–water partition coefficient (Wildman–Crippen LogP) is 4.05. The minimum atomic E-state index is 0.351. The van der Waals surface area contributed by atoms with Crippen LogP contribution >= 0.6 is 0 Å². The van der Waals surface area contributed by atoms with Crippen LogP contribution in [0.4, 0.5) is 0 Å². The molecule has 1 fully saturated rings. The SMILES string of the molecule is CC(C)NCc1cc(OC2CCCC2)nc2ccccc12. The molecule has 21 heavy (non-hydrogen) atoms. The fourth-order valence-electron chi connectivity index (χ4n) is 2.92. The van der Waals surface area contributed by atoms with Crippen molar-refractivity contribution in [3.63, 3.8) is 0 Å². The van der Waals surface area contributed by atoms with Crippen molar-refractivity contribution in [1.29, 1.82) is 0 Å². The quantitative estimate of drug-likeness (QED) is 0.899. The Hall–Kier alpha value is -1.61. The molecule has 2 aromatic rings. The summed E-state index contributed by atoms with van der Waals surface area (Å²) in [6.07, 6.45) is 5.23. The van der Waals surface area contributed by atoms with Crippen LogP contribution < -0.4 is 10.1 Å². The Kier molecular flexibility index (Phi) is 4.39. The smallest absolute Gasteiger partial charge is 0.214 e. The summed E-state index contributed by atoms with van der Waals surface area (Å²) in [6, 6.07) is 10.9. The Morgan fingerprint density at radius 3 is 2.76 bits per heavy atom. The topological polar surface area (TPSA) is 34.1 Å². The summed E-state index contributed by atoms with van der Waals surface area (Å²) in [4.78, 5) is 4.68. The van der Waals surface area contributed by atoms with Gasteiger partial charge in [-0.1, -0.05) is 32.0 Å². The molecular formula is C18H24N2O. The Morgan fingerprint density at radius 1 is 1.24 bits per heavy atom. The Bertz CT molecular complexity index is 603. The average Bonchev–Trinajstić information content (AvgIpc) is 2.97. The van der Waals surface area contributed by atoms with Gasteiger partial charge in [-0.3, -0.25) is 0 Å². The molecule has 0 saturated heterocycles. The normalized spacial score (nSPS) is 16.0. The van der Waals surface area contributed by atoms with Gasteiger partial charge in [0.05, 0.1) is 5.52 Å². The van der Waals surface area contributed by atoms with Crippen molar-refractivity contribution < 1.29 is 4.74 Å². The summed E-state index contributed by atoms with van der Waals surface area (Å²) in [5, 5.41) is 4.70. The van der Waals surface area contributed by atoms with E-state index in [0.29, 0.717) is 12.1 Å². The first-order valence-electron chi connectivity index (χ1n) is 8.01. The molecule has 1 aromatic carbocycles. The van der Waals surface area contributed by atoms with Crippen molar-refractivity contribution in [2.75, 3.05) is 0 Å². The van der Waals surface area contributed by atoms with Crippen LogP contribution in [0.15, 0.2) is 30.3 Å². The van der Waals surface area contributed by atoms with Crippen LogP contribution in [0.2, 0.25) is 0 Å². The molecule has 0 bridgehead atoms. The molecule has 0 unspecified atom stereocenters. The second-order valence-electron chi connectivity index (χ2n) is 6.20. The molecule has 3 heteroatoms. The maximum atomic E-state index is 6.09. The minimum absolute atomic E-state index is 0.351. The van der Waals surface area contributed by atoms with Crippen LogP contribution in [0, 0.1) is 0 Å². The Balaban J connectivity index is 1.89. The van der Waals surface area contributed by atoms with Crippen LogP contribution in [-0.4, -0.2) is 17.1 Å². The van der Waals surface area contributed by atoms with Gasteiger partial charge in [-0.15, -0.1) is 0 Å². The molecule has 3 nitrogen and oxygen atoms in total. The number of fused-ring (bicyclic) bond motifs is 1. The van der Waals surface area contributed by atoms with E-state index < -0.39 is 0 Å². The van der Waals surface area contributed by atoms with Crippen LogP contribution in [0.25, 0.3) is 10.9 Å². The number of aromatic nitrogens is 1. The van der Waals surface area contributed by atoms with Crippen LogP contribution in [-0.2, 0) is 6.54 Å². The number of rotatable bonds is 5. The molecule has 0 aliphatic heterocycles. The summed E-state index contributed by atoms with van der Waals surface area (Å²) >= 11 is 0. The van der Waals surface area contributed by atoms with E-state index in [1.807, 2.05) is 6.07 Å². The van der Waals surface area contributed by atoms with E-state index in [-0.39, 0.29) is 0 Å². The number of para-hydroxylation sites is 1. The highest BCUT2D eigenvalue weighted by Crippen LogP contribution is 2.26. The standard InChI is InChI=1S/C18H24N2O/c1-13(2)19-12-14-11-18(21-15-7-3-4-8-15)20-17-10-6-5-9-16(14)17/h5-6,9-11,13,15,19H,3-4,7-8,12H2,1-2H3. The first kappa shape index (κ1) is 14.3. The fraction of sp³-hybridized carbons (Fsp3) is 0.500. The number of ether oxygens (including phenoxy) is 1. The highest BCUT2D eigenvalue weighted by atomic mass is 16.5. The average molecular weight is 284 g/mol. The van der Waals surface area contributed by atoms with E-state index in [2.05, 4.69) is 48.4 Å². The molecule has 0 amide bonds. The molecule has 1 saturated carbocycles. The van der Waals surface area contributed by atoms with Gasteiger partial charge in [0.2, 0.25) is 5.88 Å². The van der Waals surface area contributed by atoms with Gasteiger partial charge in [-0.05, 0) is 37.3 Å². The van der Waals surface area contributed by atoms with Gasteiger partial charge in [-0.25, -0.2) is 4.98 Å². The van der Waals surface area contributed by atoms with Crippen molar-refractivity contribution in [3.8, 4) is 5.88 Å². The third-order valence-electron chi connectivity index (χ3n) is 4.07. The number of hydrogen-bond donors (Lipinski definition) is 1. The summed E-state index contributed by atoms with van der Waals surface area (Å²) in [5.74, 6) is 0.779. The van der Waals surface area contributed by atoms with Crippen molar-refractivity contribution in [2.24, 2.45) is 0 Å². The maximum Gasteiger partial charge on any atom is 0.214 e. The molecular weight excluding hydrogens is 260 g/mol. The number of nitrogens with zero attached hydrogens (tertiary/aromatic N) is 1. The Morgan fingerprint density at radius 2 is 2.00 bits per heavy atom. The lowest BCUT2D eigenvalue weighted by Crippen LogP contribution is -2.22. The molecule has 1 N–H and O–H groups in total. The van der Waals surface area contributed by atoms with Crippen LogP contribution in [0.1, 0.15) is 45.1 Å². The Labute approximate surface area is 126 Å². The monoisotopic (exact) mass is 284 g/mol. The first-order chi connectivity index (χ1) is 10.2. The molecule has 112 valence electrons. The highest BCUT2D eigenvalue weighted by molar-refractivity contribution is 5.82. The van der Waals surface area contributed by atoms with Gasteiger partial charge >= 0.3 is 0 Å². The van der Waals surface area contributed by atoms with Crippen molar-refractivity contribution in [3.05, 3.63) is 35.9 Å². The van der Waals surface area contributed by atoms with E-state index >= 15 is 0 Å². The third-order valence-corrected chi connectivity index (χ3v) is 4.07. The lowest BCUT2D eigenvalue weighted by molar-refractivity contribution is 0.202. The van der Waals surface area contributed by atoms with Gasteiger partial charge in [0.15, 0.2) is 0 Å². The third kappa shape index (κ3) is 3.53. The van der Waals surface area contributed by atoms with E-state index in [0.717, 1.165) is 30.8 Å². The molecule has 1 aliphatic carbocycles. The zero-order chi connectivity index (χ0) is 14.7. The van der Waals surface area contributed by atoms with E-state index in [4.69, 9.17) is 4.74 Å². The molecule has 1 aliphatic rings. The molecule has 3 rings (SSSR count). The molecule has 1 heterocycles. The second-order valence-corrected chi connectivity index (χ2v) is 6.20. The van der Waals surface area contributed by atoms with E-state index in [9.17, 15) is 0 Å². The highest BCUT2D eigenvalue weighted by Gasteiger charge is 2.18. The van der Waals surface area contributed by atoms with E-state index in [1.54, 1.807) is 0 Å². The zero-order valence-corrected chi connectivity index (χ0v) is 12.9. The van der Waals surface area contributed by atoms with Gasteiger partial charge < -0.3 is 10.1 Å². The van der Waals surface area contributed by atoms with Crippen molar-refractivity contribution in [2.45, 2.75) is 58.2 Å². The molecule has 0 spiro atoms. The number of pyridine rings is 1.